The molecular weight excluding hydrogens is 369 g/mol. The van der Waals surface area contributed by atoms with E-state index >= 15 is 0 Å². The van der Waals surface area contributed by atoms with E-state index in [4.69, 9.17) is 14.2 Å². The molecule has 0 saturated carbocycles. The Hall–Kier alpha value is -2.30. The van der Waals surface area contributed by atoms with Gasteiger partial charge in [0.05, 0.1) is 6.54 Å². The quantitative estimate of drug-likeness (QED) is 0.349. The predicted molar refractivity (Wildman–Crippen MR) is 89.7 cm³/mol. The number of hydrogen-bond donors (Lipinski definition) is 1. The molecule has 0 aromatic heterocycles. The minimum absolute atomic E-state index is 0.0261. The van der Waals surface area contributed by atoms with Crippen LogP contribution in [-0.2, 0) is 30.3 Å². The van der Waals surface area contributed by atoms with Crippen LogP contribution in [0.4, 0.5) is 13.2 Å². The zero-order valence-electron chi connectivity index (χ0n) is 15.1. The molecule has 10 heteroatoms. The Kier molecular flexibility index (Phi) is 9.62. The summed E-state index contributed by atoms with van der Waals surface area (Å²) in [6.07, 6.45) is 0.420. The summed E-state index contributed by atoms with van der Waals surface area (Å²) in [4.78, 5) is 28.3. The predicted octanol–water partition coefficient (Wildman–Crippen LogP) is 1.24. The molecule has 1 amide bonds. The van der Waals surface area contributed by atoms with Gasteiger partial charge < -0.3 is 19.5 Å². The van der Waals surface area contributed by atoms with Crippen LogP contribution in [0.1, 0.15) is 5.56 Å². The molecule has 7 nitrogen and oxygen atoms in total. The highest BCUT2D eigenvalue weighted by atomic mass is 19.1. The van der Waals surface area contributed by atoms with Crippen molar-refractivity contribution >= 4 is 17.9 Å². The van der Waals surface area contributed by atoms with E-state index in [1.165, 1.54) is 21.3 Å². The minimum atomic E-state index is -1.34. The molecule has 1 unspecified atom stereocenters. The summed E-state index contributed by atoms with van der Waals surface area (Å²) in [6.45, 7) is -0.903. The largest absolute Gasteiger partial charge is 0.377 e. The first-order valence-electron chi connectivity index (χ1n) is 7.82. The number of carbonyl (C=O) groups is 2. The normalized spacial score (nSPS) is 12.6. The molecule has 27 heavy (non-hydrogen) atoms. The fourth-order valence-corrected chi connectivity index (χ4v) is 2.05. The number of halogens is 3. The standard InChI is InChI=1S/C17H21F3N2O5/c1-25-9-15(23)12(6-21-8-16(26-2)27-3)17(24)22-7-11-13(19)4-10(18)5-14(11)20/h4-6,12,16H,7-9H2,1-3H3,(H,22,24). The van der Waals surface area contributed by atoms with Gasteiger partial charge in [-0.15, -0.1) is 0 Å². The van der Waals surface area contributed by atoms with Crippen LogP contribution in [0, 0.1) is 23.4 Å². The summed E-state index contributed by atoms with van der Waals surface area (Å²) in [5, 5.41) is 2.23. The van der Waals surface area contributed by atoms with E-state index in [0.29, 0.717) is 12.1 Å². The number of ketones is 1. The van der Waals surface area contributed by atoms with Crippen LogP contribution >= 0.6 is 0 Å². The Morgan fingerprint density at radius 2 is 1.74 bits per heavy atom. The number of benzene rings is 1. The van der Waals surface area contributed by atoms with Crippen LogP contribution in [0.5, 0.6) is 0 Å². The van der Waals surface area contributed by atoms with Gasteiger partial charge in [0.25, 0.3) is 0 Å². The van der Waals surface area contributed by atoms with Crippen LogP contribution in [0.3, 0.4) is 0 Å². The third-order valence-corrected chi connectivity index (χ3v) is 3.50. The Labute approximate surface area is 154 Å². The molecule has 0 fully saturated rings. The van der Waals surface area contributed by atoms with Crippen LogP contribution in [0.25, 0.3) is 0 Å². The summed E-state index contributed by atoms with van der Waals surface area (Å²) in [5.74, 6) is -6.16. The van der Waals surface area contributed by atoms with Gasteiger partial charge in [0.2, 0.25) is 5.91 Å². The Balaban J connectivity index is 2.84. The van der Waals surface area contributed by atoms with Gasteiger partial charge in [0.1, 0.15) is 30.0 Å². The second-order valence-electron chi connectivity index (χ2n) is 5.36. The summed E-state index contributed by atoms with van der Waals surface area (Å²) in [6, 6.07) is 0.991. The smallest absolute Gasteiger partial charge is 0.236 e. The Morgan fingerprint density at radius 3 is 2.26 bits per heavy atom. The van der Waals surface area contributed by atoms with Crippen LogP contribution in [0.15, 0.2) is 17.1 Å². The third kappa shape index (κ3) is 7.08. The maximum Gasteiger partial charge on any atom is 0.236 e. The lowest BCUT2D eigenvalue weighted by molar-refractivity contribution is -0.133. The summed E-state index contributed by atoms with van der Waals surface area (Å²) >= 11 is 0. The SMILES string of the molecule is COCC(=O)C(C=NCC(OC)OC)C(=O)NCc1c(F)cc(F)cc1F. The zero-order chi connectivity index (χ0) is 20.4. The van der Waals surface area contributed by atoms with Gasteiger partial charge >= 0.3 is 0 Å². The fraction of sp³-hybridized carbons (Fsp3) is 0.471. The molecular formula is C17H21F3N2O5. The van der Waals surface area contributed by atoms with E-state index in [9.17, 15) is 22.8 Å². The second kappa shape index (κ2) is 11.4. The van der Waals surface area contributed by atoms with Crippen molar-refractivity contribution in [1.82, 2.24) is 5.32 Å². The van der Waals surface area contributed by atoms with Gasteiger partial charge in [-0.2, -0.15) is 0 Å². The van der Waals surface area contributed by atoms with Gasteiger partial charge in [0, 0.05) is 51.8 Å². The number of Topliss-reactive ketones (excluding diaryl/α,β-unsaturated/α-hetero) is 1. The van der Waals surface area contributed by atoms with Gasteiger partial charge in [-0.25, -0.2) is 13.2 Å². The maximum absolute atomic E-state index is 13.6. The molecule has 150 valence electrons. The highest BCUT2D eigenvalue weighted by Gasteiger charge is 2.25. The Bertz CT molecular complexity index is 658. The first kappa shape index (κ1) is 22.7. The molecule has 0 aliphatic heterocycles. The second-order valence-corrected chi connectivity index (χ2v) is 5.36. The van der Waals surface area contributed by atoms with Crippen LogP contribution in [-0.4, -0.2) is 58.7 Å². The average molecular weight is 390 g/mol. The highest BCUT2D eigenvalue weighted by Crippen LogP contribution is 2.14. The topological polar surface area (TPSA) is 86.2 Å². The third-order valence-electron chi connectivity index (χ3n) is 3.50. The van der Waals surface area contributed by atoms with Gasteiger partial charge in [-0.1, -0.05) is 0 Å². The van der Waals surface area contributed by atoms with E-state index in [1.54, 1.807) is 0 Å². The van der Waals surface area contributed by atoms with Crippen molar-refractivity contribution in [3.05, 3.63) is 35.1 Å². The lowest BCUT2D eigenvalue weighted by atomic mass is 10.0. The van der Waals surface area contributed by atoms with E-state index in [0.717, 1.165) is 6.21 Å². The first-order chi connectivity index (χ1) is 12.8. The molecule has 0 saturated heterocycles. The zero-order valence-corrected chi connectivity index (χ0v) is 15.1. The minimum Gasteiger partial charge on any atom is -0.377 e. The van der Waals surface area contributed by atoms with E-state index in [2.05, 4.69) is 10.3 Å². The number of rotatable bonds is 11. The van der Waals surface area contributed by atoms with Crippen molar-refractivity contribution in [2.45, 2.75) is 12.8 Å². The number of nitrogens with zero attached hydrogens (tertiary/aromatic N) is 1. The average Bonchev–Trinajstić information content (AvgIpc) is 2.61. The van der Waals surface area contributed by atoms with Crippen LogP contribution < -0.4 is 5.32 Å². The van der Waals surface area contributed by atoms with Gasteiger partial charge in [-0.3, -0.25) is 14.6 Å². The fourth-order valence-electron chi connectivity index (χ4n) is 2.05. The number of hydrogen-bond acceptors (Lipinski definition) is 6. The van der Waals surface area contributed by atoms with Gasteiger partial charge in [0.15, 0.2) is 12.1 Å². The number of methoxy groups -OCH3 is 3. The van der Waals surface area contributed by atoms with E-state index in [1.807, 2.05) is 0 Å². The molecule has 0 heterocycles. The van der Waals surface area contributed by atoms with Crippen molar-refractivity contribution < 1.29 is 37.0 Å². The summed E-state index contributed by atoms with van der Waals surface area (Å²) in [7, 11) is 4.07. The molecule has 0 bridgehead atoms. The molecule has 1 aromatic carbocycles. The molecule has 0 radical (unpaired) electrons. The number of carbonyl (C=O) groups excluding carboxylic acids is 2. The molecule has 0 aliphatic carbocycles. The lowest BCUT2D eigenvalue weighted by Crippen LogP contribution is -2.38. The molecule has 0 spiro atoms. The molecule has 0 aliphatic rings. The van der Waals surface area contributed by atoms with Crippen molar-refractivity contribution in [2.75, 3.05) is 34.5 Å². The highest BCUT2D eigenvalue weighted by molar-refractivity contribution is 6.14. The van der Waals surface area contributed by atoms with Crippen molar-refractivity contribution in [1.29, 1.82) is 0 Å². The first-order valence-corrected chi connectivity index (χ1v) is 7.82. The molecule has 1 rings (SSSR count). The summed E-state index contributed by atoms with van der Waals surface area (Å²) < 4.78 is 54.8. The van der Waals surface area contributed by atoms with Crippen molar-refractivity contribution in [3.8, 4) is 0 Å². The lowest BCUT2D eigenvalue weighted by Gasteiger charge is -2.14. The number of nitrogens with one attached hydrogen (secondary N) is 1. The molecule has 1 N–H and O–H groups in total. The monoisotopic (exact) mass is 390 g/mol. The van der Waals surface area contributed by atoms with Crippen molar-refractivity contribution in [3.63, 3.8) is 0 Å². The number of amides is 1. The Morgan fingerprint density at radius 1 is 1.15 bits per heavy atom. The molecule has 1 aromatic rings. The van der Waals surface area contributed by atoms with Crippen molar-refractivity contribution in [2.24, 2.45) is 10.9 Å². The number of aliphatic imine (C=N–C) groups is 1. The van der Waals surface area contributed by atoms with Crippen LogP contribution in [0.2, 0.25) is 0 Å². The summed E-state index contributed by atoms with van der Waals surface area (Å²) in [5.41, 5.74) is -0.529. The van der Waals surface area contributed by atoms with E-state index < -0.39 is 53.5 Å². The maximum atomic E-state index is 13.6. The van der Waals surface area contributed by atoms with Gasteiger partial charge in [-0.05, 0) is 0 Å². The number of ether oxygens (including phenoxy) is 3. The molecule has 1 atom stereocenters. The van der Waals surface area contributed by atoms with E-state index in [-0.39, 0.29) is 13.2 Å².